The zero-order chi connectivity index (χ0) is 19.2. The van der Waals surface area contributed by atoms with Gasteiger partial charge in [0.2, 0.25) is 0 Å². The van der Waals surface area contributed by atoms with Crippen molar-refractivity contribution >= 4 is 28.8 Å². The van der Waals surface area contributed by atoms with Crippen LogP contribution in [0.15, 0.2) is 66.9 Å². The molecule has 27 heavy (non-hydrogen) atoms. The molecule has 0 bridgehead atoms. The third kappa shape index (κ3) is 4.35. The molecular formula is C21H16N4O2. The van der Waals surface area contributed by atoms with E-state index in [9.17, 15) is 9.59 Å². The standard InChI is InChI=1S/C21H16N4O2/c1-14(26)15-6-8-17(9-7-15)25-21(27)20-11-10-18(13-23-20)24-19-5-3-2-4-16(19)12-22/h2-11,13,24H,1H3,(H,25,27). The number of ketones is 1. The molecule has 2 aromatic carbocycles. The van der Waals surface area contributed by atoms with E-state index in [1.54, 1.807) is 54.6 Å². The lowest BCUT2D eigenvalue weighted by molar-refractivity contribution is 0.101. The molecule has 0 atom stereocenters. The van der Waals surface area contributed by atoms with Crippen LogP contribution in [0.3, 0.4) is 0 Å². The fourth-order valence-electron chi connectivity index (χ4n) is 2.43. The summed E-state index contributed by atoms with van der Waals surface area (Å²) in [6, 6.07) is 19.2. The van der Waals surface area contributed by atoms with Crippen molar-refractivity contribution in [2.75, 3.05) is 10.6 Å². The maximum atomic E-state index is 12.3. The molecule has 0 saturated heterocycles. The molecule has 6 nitrogen and oxygen atoms in total. The number of hydrogen-bond acceptors (Lipinski definition) is 5. The number of nitrogens with one attached hydrogen (secondary N) is 2. The van der Waals surface area contributed by atoms with Crippen molar-refractivity contribution in [1.82, 2.24) is 4.98 Å². The van der Waals surface area contributed by atoms with Crippen molar-refractivity contribution in [1.29, 1.82) is 5.26 Å². The highest BCUT2D eigenvalue weighted by atomic mass is 16.2. The Morgan fingerprint density at radius 3 is 2.30 bits per heavy atom. The molecule has 0 saturated carbocycles. The molecule has 2 N–H and O–H groups in total. The van der Waals surface area contributed by atoms with E-state index in [2.05, 4.69) is 21.7 Å². The van der Waals surface area contributed by atoms with Gasteiger partial charge in [-0.2, -0.15) is 5.26 Å². The zero-order valence-electron chi connectivity index (χ0n) is 14.6. The van der Waals surface area contributed by atoms with E-state index in [1.165, 1.54) is 13.1 Å². The van der Waals surface area contributed by atoms with Crippen LogP contribution >= 0.6 is 0 Å². The van der Waals surface area contributed by atoms with E-state index in [0.29, 0.717) is 28.2 Å². The van der Waals surface area contributed by atoms with E-state index in [1.807, 2.05) is 6.07 Å². The molecule has 3 rings (SSSR count). The van der Waals surface area contributed by atoms with E-state index in [-0.39, 0.29) is 17.4 Å². The Kier molecular flexibility index (Phi) is 5.24. The summed E-state index contributed by atoms with van der Waals surface area (Å²) in [4.78, 5) is 27.7. The number of pyridine rings is 1. The van der Waals surface area contributed by atoms with Gasteiger partial charge in [-0.25, -0.2) is 4.98 Å². The predicted molar refractivity (Wildman–Crippen MR) is 103 cm³/mol. The molecule has 1 amide bonds. The fourth-order valence-corrected chi connectivity index (χ4v) is 2.43. The molecule has 0 aliphatic heterocycles. The lowest BCUT2D eigenvalue weighted by Gasteiger charge is -2.09. The average Bonchev–Trinajstić information content (AvgIpc) is 2.69. The fraction of sp³-hybridized carbons (Fsp3) is 0.0476. The van der Waals surface area contributed by atoms with E-state index >= 15 is 0 Å². The first-order chi connectivity index (χ1) is 13.1. The molecule has 3 aromatic rings. The van der Waals surface area contributed by atoms with Gasteiger partial charge in [0.25, 0.3) is 5.91 Å². The Balaban J connectivity index is 1.68. The second-order valence-electron chi connectivity index (χ2n) is 5.80. The number of anilines is 3. The summed E-state index contributed by atoms with van der Waals surface area (Å²) >= 11 is 0. The molecule has 0 spiro atoms. The Labute approximate surface area is 156 Å². The monoisotopic (exact) mass is 356 g/mol. The quantitative estimate of drug-likeness (QED) is 0.670. The summed E-state index contributed by atoms with van der Waals surface area (Å²) in [5.74, 6) is -0.384. The third-order valence-corrected chi connectivity index (χ3v) is 3.87. The van der Waals surface area contributed by atoms with Gasteiger partial charge in [-0.15, -0.1) is 0 Å². The number of benzene rings is 2. The lowest BCUT2D eigenvalue weighted by Crippen LogP contribution is -2.13. The summed E-state index contributed by atoms with van der Waals surface area (Å²) in [5.41, 5.74) is 3.28. The van der Waals surface area contributed by atoms with E-state index in [4.69, 9.17) is 5.26 Å². The van der Waals surface area contributed by atoms with Crippen molar-refractivity contribution in [3.8, 4) is 6.07 Å². The molecule has 132 valence electrons. The Morgan fingerprint density at radius 2 is 1.67 bits per heavy atom. The van der Waals surface area contributed by atoms with Crippen LogP contribution in [0.2, 0.25) is 0 Å². The number of Topliss-reactive ketones (excluding diaryl/α,β-unsaturated/α-hetero) is 1. The molecule has 1 aromatic heterocycles. The number of nitriles is 1. The van der Waals surface area contributed by atoms with Gasteiger partial charge in [-0.1, -0.05) is 12.1 Å². The first-order valence-corrected chi connectivity index (χ1v) is 8.21. The number of nitrogens with zero attached hydrogens (tertiary/aromatic N) is 2. The first kappa shape index (κ1) is 17.8. The van der Waals surface area contributed by atoms with Crippen molar-refractivity contribution in [2.45, 2.75) is 6.92 Å². The van der Waals surface area contributed by atoms with Crippen LogP contribution in [0.1, 0.15) is 33.3 Å². The number of hydrogen-bond donors (Lipinski definition) is 2. The Hall–Kier alpha value is -3.98. The van der Waals surface area contributed by atoms with Crippen LogP contribution < -0.4 is 10.6 Å². The van der Waals surface area contributed by atoms with Gasteiger partial charge >= 0.3 is 0 Å². The van der Waals surface area contributed by atoms with Gasteiger partial charge in [0, 0.05) is 11.3 Å². The van der Waals surface area contributed by atoms with Crippen LogP contribution in [-0.4, -0.2) is 16.7 Å². The maximum Gasteiger partial charge on any atom is 0.274 e. The number of carbonyl (C=O) groups is 2. The summed E-state index contributed by atoms with van der Waals surface area (Å²) in [6.07, 6.45) is 1.53. The molecule has 0 unspecified atom stereocenters. The highest BCUT2D eigenvalue weighted by Crippen LogP contribution is 2.20. The zero-order valence-corrected chi connectivity index (χ0v) is 14.6. The molecule has 6 heteroatoms. The number of amides is 1. The second kappa shape index (κ2) is 7.93. The van der Waals surface area contributed by atoms with Gasteiger partial charge in [0.05, 0.1) is 23.1 Å². The Bertz CT molecular complexity index is 1020. The largest absolute Gasteiger partial charge is 0.353 e. The SMILES string of the molecule is CC(=O)c1ccc(NC(=O)c2ccc(Nc3ccccc3C#N)cn2)cc1. The molecule has 0 aliphatic carbocycles. The molecule has 0 radical (unpaired) electrons. The topological polar surface area (TPSA) is 94.9 Å². The van der Waals surface area contributed by atoms with Crippen molar-refractivity contribution in [3.05, 3.63) is 83.7 Å². The highest BCUT2D eigenvalue weighted by molar-refractivity contribution is 6.03. The average molecular weight is 356 g/mol. The number of para-hydroxylation sites is 1. The van der Waals surface area contributed by atoms with E-state index < -0.39 is 0 Å². The van der Waals surface area contributed by atoms with E-state index in [0.717, 1.165) is 0 Å². The minimum absolute atomic E-state index is 0.0318. The van der Waals surface area contributed by atoms with Crippen molar-refractivity contribution in [3.63, 3.8) is 0 Å². The van der Waals surface area contributed by atoms with Crippen LogP contribution in [0, 0.1) is 11.3 Å². The summed E-state index contributed by atoms with van der Waals surface area (Å²) < 4.78 is 0. The Morgan fingerprint density at radius 1 is 0.963 bits per heavy atom. The van der Waals surface area contributed by atoms with Gasteiger partial charge in [0.15, 0.2) is 5.78 Å². The smallest absolute Gasteiger partial charge is 0.274 e. The number of rotatable bonds is 5. The normalized spacial score (nSPS) is 9.93. The van der Waals surface area contributed by atoms with Gasteiger partial charge in [-0.3, -0.25) is 9.59 Å². The minimum atomic E-state index is -0.352. The van der Waals surface area contributed by atoms with Gasteiger partial charge in [-0.05, 0) is 55.5 Å². The predicted octanol–water partition coefficient (Wildman–Crippen LogP) is 4.15. The minimum Gasteiger partial charge on any atom is -0.353 e. The summed E-state index contributed by atoms with van der Waals surface area (Å²) in [7, 11) is 0. The number of aromatic nitrogens is 1. The maximum absolute atomic E-state index is 12.3. The second-order valence-corrected chi connectivity index (χ2v) is 5.80. The van der Waals surface area contributed by atoms with Crippen LogP contribution in [-0.2, 0) is 0 Å². The lowest BCUT2D eigenvalue weighted by atomic mass is 10.1. The molecular weight excluding hydrogens is 340 g/mol. The van der Waals surface area contributed by atoms with Gasteiger partial charge < -0.3 is 10.6 Å². The molecule has 1 heterocycles. The summed E-state index contributed by atoms with van der Waals surface area (Å²) in [5, 5.41) is 15.0. The van der Waals surface area contributed by atoms with Crippen LogP contribution in [0.4, 0.5) is 17.1 Å². The third-order valence-electron chi connectivity index (χ3n) is 3.87. The van der Waals surface area contributed by atoms with Crippen molar-refractivity contribution in [2.24, 2.45) is 0 Å². The first-order valence-electron chi connectivity index (χ1n) is 8.21. The highest BCUT2D eigenvalue weighted by Gasteiger charge is 2.09. The molecule has 0 aliphatic rings. The van der Waals surface area contributed by atoms with Crippen molar-refractivity contribution < 1.29 is 9.59 Å². The van der Waals surface area contributed by atoms with Crippen LogP contribution in [0.25, 0.3) is 0 Å². The van der Waals surface area contributed by atoms with Crippen LogP contribution in [0.5, 0.6) is 0 Å². The molecule has 0 fully saturated rings. The van der Waals surface area contributed by atoms with Gasteiger partial charge in [0.1, 0.15) is 11.8 Å². The summed E-state index contributed by atoms with van der Waals surface area (Å²) in [6.45, 7) is 1.49. The number of carbonyl (C=O) groups excluding carboxylic acids is 2.